The van der Waals surface area contributed by atoms with Crippen molar-refractivity contribution in [3.8, 4) is 0 Å². The van der Waals surface area contributed by atoms with E-state index in [0.29, 0.717) is 11.9 Å². The van der Waals surface area contributed by atoms with Crippen LogP contribution in [0.1, 0.15) is 20.3 Å². The normalized spacial score (nSPS) is 47.0. The van der Waals surface area contributed by atoms with Crippen LogP contribution in [0.25, 0.3) is 0 Å². The number of rotatable bonds is 2. The molecule has 2 aliphatic carbocycles. The van der Waals surface area contributed by atoms with Crippen LogP contribution in [-0.4, -0.2) is 25.0 Å². The molecule has 0 aromatic carbocycles. The first-order valence-electron chi connectivity index (χ1n) is 5.61. The number of nitrogens with one attached hydrogen (secondary N) is 2. The molecule has 0 radical (unpaired) electrons. The molecule has 0 spiro atoms. The first-order chi connectivity index (χ1) is 6.59. The van der Waals surface area contributed by atoms with Crippen molar-refractivity contribution in [3.63, 3.8) is 0 Å². The Bertz CT molecular complexity index is 277. The third kappa shape index (κ3) is 1.18. The van der Waals surface area contributed by atoms with E-state index in [9.17, 15) is 4.79 Å². The minimum atomic E-state index is 0.270. The fourth-order valence-electron chi connectivity index (χ4n) is 2.81. The summed E-state index contributed by atoms with van der Waals surface area (Å²) in [6.07, 6.45) is 1.07. The molecule has 3 atom stereocenters. The van der Waals surface area contributed by atoms with Gasteiger partial charge in [-0.05, 0) is 23.7 Å². The molecule has 1 heterocycles. The molecule has 1 amide bonds. The largest absolute Gasteiger partial charge is 0.352 e. The van der Waals surface area contributed by atoms with E-state index in [1.807, 2.05) is 0 Å². The van der Waals surface area contributed by atoms with Gasteiger partial charge in [0.2, 0.25) is 5.91 Å². The van der Waals surface area contributed by atoms with E-state index in [-0.39, 0.29) is 11.3 Å². The molecule has 0 aromatic heterocycles. The molecule has 2 N–H and O–H groups in total. The smallest absolute Gasteiger partial charge is 0.223 e. The van der Waals surface area contributed by atoms with Crippen LogP contribution in [0.2, 0.25) is 0 Å². The molecule has 3 nitrogen and oxygen atoms in total. The Morgan fingerprint density at radius 2 is 1.93 bits per heavy atom. The third-order valence-electron chi connectivity index (χ3n) is 4.23. The van der Waals surface area contributed by atoms with Crippen LogP contribution in [0, 0.1) is 23.2 Å². The molecule has 1 saturated heterocycles. The van der Waals surface area contributed by atoms with Crippen molar-refractivity contribution >= 4 is 5.91 Å². The maximum atomic E-state index is 11.8. The quantitative estimate of drug-likeness (QED) is 0.666. The van der Waals surface area contributed by atoms with Crippen LogP contribution in [0.15, 0.2) is 0 Å². The van der Waals surface area contributed by atoms with Gasteiger partial charge in [-0.25, -0.2) is 0 Å². The Morgan fingerprint density at radius 3 is 2.43 bits per heavy atom. The second kappa shape index (κ2) is 2.51. The molecule has 3 fully saturated rings. The fourth-order valence-corrected chi connectivity index (χ4v) is 2.81. The Hall–Kier alpha value is -0.570. The molecular weight excluding hydrogens is 176 g/mol. The Labute approximate surface area is 84.6 Å². The van der Waals surface area contributed by atoms with Gasteiger partial charge in [-0.1, -0.05) is 13.8 Å². The average Bonchev–Trinajstić information content (AvgIpc) is 2.87. The van der Waals surface area contributed by atoms with Crippen LogP contribution >= 0.6 is 0 Å². The van der Waals surface area contributed by atoms with Crippen molar-refractivity contribution in [1.29, 1.82) is 0 Å². The average molecular weight is 194 g/mol. The number of piperidine rings is 1. The van der Waals surface area contributed by atoms with E-state index in [2.05, 4.69) is 24.5 Å². The van der Waals surface area contributed by atoms with Gasteiger partial charge in [0.15, 0.2) is 0 Å². The molecule has 3 heteroatoms. The summed E-state index contributed by atoms with van der Waals surface area (Å²) in [7, 11) is 0. The van der Waals surface area contributed by atoms with Gasteiger partial charge >= 0.3 is 0 Å². The summed E-state index contributed by atoms with van der Waals surface area (Å²) < 4.78 is 0. The Balaban J connectivity index is 1.52. The van der Waals surface area contributed by atoms with Gasteiger partial charge in [-0.2, -0.15) is 0 Å². The fraction of sp³-hybridized carbons (Fsp3) is 0.909. The Kier molecular flexibility index (Phi) is 1.56. The summed E-state index contributed by atoms with van der Waals surface area (Å²) in [5.41, 5.74) is 0.270. The van der Waals surface area contributed by atoms with Crippen molar-refractivity contribution in [3.05, 3.63) is 0 Å². The lowest BCUT2D eigenvalue weighted by Crippen LogP contribution is -2.34. The van der Waals surface area contributed by atoms with Gasteiger partial charge < -0.3 is 10.6 Å². The first kappa shape index (κ1) is 8.72. The highest BCUT2D eigenvalue weighted by atomic mass is 16.2. The van der Waals surface area contributed by atoms with Gasteiger partial charge in [-0.15, -0.1) is 0 Å². The maximum absolute atomic E-state index is 11.8. The minimum absolute atomic E-state index is 0.270. The number of carbonyl (C=O) groups excluding carboxylic acids is 1. The number of amides is 1. The molecule has 3 aliphatic rings. The predicted octanol–water partition coefficient (Wildman–Crippen LogP) is 0.366. The maximum Gasteiger partial charge on any atom is 0.223 e. The molecule has 2 saturated carbocycles. The lowest BCUT2D eigenvalue weighted by molar-refractivity contribution is -0.123. The Morgan fingerprint density at radius 1 is 1.36 bits per heavy atom. The number of fused-ring (bicyclic) bond motifs is 1. The third-order valence-corrected chi connectivity index (χ3v) is 4.23. The molecule has 0 aromatic rings. The van der Waals surface area contributed by atoms with E-state index < -0.39 is 0 Å². The second-order valence-electron chi connectivity index (χ2n) is 5.77. The standard InChI is InChI=1S/C11H18N2O/c1-11(2)3-8(11)10(14)13-9-6-4-12-5-7(6)9/h6-9,12H,3-5H2,1-2H3,(H,13,14). The van der Waals surface area contributed by atoms with Gasteiger partial charge in [0.1, 0.15) is 0 Å². The van der Waals surface area contributed by atoms with Crippen LogP contribution in [-0.2, 0) is 4.79 Å². The molecule has 78 valence electrons. The number of hydrogen-bond acceptors (Lipinski definition) is 2. The highest BCUT2D eigenvalue weighted by Crippen LogP contribution is 2.52. The molecule has 0 bridgehead atoms. The van der Waals surface area contributed by atoms with E-state index >= 15 is 0 Å². The molecule has 1 aliphatic heterocycles. The van der Waals surface area contributed by atoms with Crippen molar-refractivity contribution in [2.45, 2.75) is 26.3 Å². The summed E-state index contributed by atoms with van der Waals surface area (Å²) >= 11 is 0. The topological polar surface area (TPSA) is 41.1 Å². The molecule has 3 unspecified atom stereocenters. The highest BCUT2D eigenvalue weighted by molar-refractivity contribution is 5.83. The lowest BCUT2D eigenvalue weighted by Gasteiger charge is -2.08. The summed E-state index contributed by atoms with van der Waals surface area (Å²) in [6, 6.07) is 0.500. The lowest BCUT2D eigenvalue weighted by atomic mass is 10.1. The summed E-state index contributed by atoms with van der Waals surface area (Å²) in [6.45, 7) is 6.55. The SMILES string of the molecule is CC1(C)CC1C(=O)NC1C2CNCC21. The highest BCUT2D eigenvalue weighted by Gasteiger charge is 2.57. The summed E-state index contributed by atoms with van der Waals surface area (Å²) in [4.78, 5) is 11.8. The van der Waals surface area contributed by atoms with Crippen molar-refractivity contribution in [2.24, 2.45) is 23.2 Å². The van der Waals surface area contributed by atoms with Gasteiger partial charge in [0.05, 0.1) is 0 Å². The molecule has 14 heavy (non-hydrogen) atoms. The zero-order chi connectivity index (χ0) is 9.92. The second-order valence-corrected chi connectivity index (χ2v) is 5.77. The van der Waals surface area contributed by atoms with Crippen LogP contribution in [0.4, 0.5) is 0 Å². The van der Waals surface area contributed by atoms with E-state index in [0.717, 1.165) is 31.3 Å². The van der Waals surface area contributed by atoms with Gasteiger partial charge in [0, 0.05) is 25.0 Å². The number of hydrogen-bond donors (Lipinski definition) is 2. The van der Waals surface area contributed by atoms with Crippen molar-refractivity contribution in [1.82, 2.24) is 10.6 Å². The van der Waals surface area contributed by atoms with Crippen molar-refractivity contribution in [2.75, 3.05) is 13.1 Å². The molecular formula is C11H18N2O. The number of carbonyl (C=O) groups is 1. The van der Waals surface area contributed by atoms with Gasteiger partial charge in [-0.3, -0.25) is 4.79 Å². The monoisotopic (exact) mass is 194 g/mol. The first-order valence-corrected chi connectivity index (χ1v) is 5.61. The van der Waals surface area contributed by atoms with E-state index in [1.165, 1.54) is 0 Å². The summed E-state index contributed by atoms with van der Waals surface area (Å²) in [5, 5.41) is 6.53. The zero-order valence-corrected chi connectivity index (χ0v) is 8.84. The van der Waals surface area contributed by atoms with Gasteiger partial charge in [0.25, 0.3) is 0 Å². The summed E-state index contributed by atoms with van der Waals surface area (Å²) in [5.74, 6) is 2.06. The van der Waals surface area contributed by atoms with Crippen LogP contribution in [0.5, 0.6) is 0 Å². The van der Waals surface area contributed by atoms with Crippen LogP contribution < -0.4 is 10.6 Å². The van der Waals surface area contributed by atoms with E-state index in [4.69, 9.17) is 0 Å². The zero-order valence-electron chi connectivity index (χ0n) is 8.84. The van der Waals surface area contributed by atoms with Crippen molar-refractivity contribution < 1.29 is 4.79 Å². The minimum Gasteiger partial charge on any atom is -0.352 e. The molecule has 3 rings (SSSR count). The predicted molar refractivity (Wildman–Crippen MR) is 53.7 cm³/mol. The van der Waals surface area contributed by atoms with E-state index in [1.54, 1.807) is 0 Å². The van der Waals surface area contributed by atoms with Crippen LogP contribution in [0.3, 0.4) is 0 Å².